The van der Waals surface area contributed by atoms with Crippen molar-refractivity contribution in [1.82, 2.24) is 19.6 Å². The first-order valence-corrected chi connectivity index (χ1v) is 15.4. The summed E-state index contributed by atoms with van der Waals surface area (Å²) in [7, 11) is 1.39. The molecule has 42 heavy (non-hydrogen) atoms. The maximum atomic E-state index is 13.4. The molecule has 0 saturated carbocycles. The highest BCUT2D eigenvalue weighted by molar-refractivity contribution is 5.98. The largest absolute Gasteiger partial charge is 0.465 e. The highest BCUT2D eigenvalue weighted by Gasteiger charge is 2.21. The van der Waals surface area contributed by atoms with E-state index in [2.05, 4.69) is 51.3 Å². The lowest BCUT2D eigenvalue weighted by Crippen LogP contribution is -2.34. The molecule has 0 unspecified atom stereocenters. The van der Waals surface area contributed by atoms with Crippen molar-refractivity contribution in [3.05, 3.63) is 65.4 Å². The molecule has 1 aromatic carbocycles. The summed E-state index contributed by atoms with van der Waals surface area (Å²) in [5.74, 6) is 0.582. The summed E-state index contributed by atoms with van der Waals surface area (Å²) < 4.78 is 6.84. The number of amides is 1. The molecule has 228 valence electrons. The van der Waals surface area contributed by atoms with Crippen molar-refractivity contribution in [2.45, 2.75) is 66.7 Å². The monoisotopic (exact) mass is 574 g/mol. The number of hydrogen-bond donors (Lipinski definition) is 0. The third-order valence-corrected chi connectivity index (χ3v) is 7.81. The first-order chi connectivity index (χ1) is 20.1. The Hall–Kier alpha value is -3.45. The number of likely N-dealkylation sites (tertiary alicyclic amines) is 1. The van der Waals surface area contributed by atoms with E-state index in [9.17, 15) is 9.59 Å². The average molecular weight is 575 g/mol. The van der Waals surface area contributed by atoms with Gasteiger partial charge in [0.25, 0.3) is 5.91 Å². The van der Waals surface area contributed by atoms with Gasteiger partial charge in [0.05, 0.1) is 12.7 Å². The molecule has 0 spiro atoms. The van der Waals surface area contributed by atoms with Gasteiger partial charge >= 0.3 is 5.97 Å². The van der Waals surface area contributed by atoms with Gasteiger partial charge in [-0.2, -0.15) is 5.10 Å². The Labute approximate surface area is 252 Å². The number of rotatable bonds is 14. The van der Waals surface area contributed by atoms with Gasteiger partial charge < -0.3 is 9.64 Å². The van der Waals surface area contributed by atoms with Gasteiger partial charge in [0, 0.05) is 48.2 Å². The van der Waals surface area contributed by atoms with Crippen LogP contribution in [0.2, 0.25) is 0 Å². The van der Waals surface area contributed by atoms with Crippen LogP contribution in [0.1, 0.15) is 81.4 Å². The van der Waals surface area contributed by atoms with Crippen LogP contribution < -0.4 is 0 Å². The van der Waals surface area contributed by atoms with Gasteiger partial charge in [-0.05, 0) is 69.7 Å². The number of carbonyl (C=O) groups is 2. The van der Waals surface area contributed by atoms with Crippen LogP contribution >= 0.6 is 0 Å². The van der Waals surface area contributed by atoms with E-state index in [1.165, 1.54) is 26.4 Å². The molecule has 0 bridgehead atoms. The van der Waals surface area contributed by atoms with Gasteiger partial charge in [0.15, 0.2) is 0 Å². The zero-order chi connectivity index (χ0) is 30.6. The summed E-state index contributed by atoms with van der Waals surface area (Å²) in [5.41, 5.74) is 4.13. The summed E-state index contributed by atoms with van der Waals surface area (Å²) in [4.78, 5) is 30.4. The fourth-order valence-electron chi connectivity index (χ4n) is 5.09. The Bertz CT molecular complexity index is 1250. The maximum Gasteiger partial charge on any atom is 0.338 e. The zero-order valence-corrected chi connectivity index (χ0v) is 26.6. The Balaban J connectivity index is 1.92. The summed E-state index contributed by atoms with van der Waals surface area (Å²) in [6, 6.07) is 7.38. The predicted molar refractivity (Wildman–Crippen MR) is 173 cm³/mol. The molecule has 0 atom stereocenters. The molecule has 1 aliphatic heterocycles. The minimum absolute atomic E-state index is 0.0460. The van der Waals surface area contributed by atoms with Crippen LogP contribution in [0.3, 0.4) is 0 Å². The highest BCUT2D eigenvalue weighted by Crippen LogP contribution is 2.30. The lowest BCUT2D eigenvalue weighted by molar-refractivity contribution is -0.127. The lowest BCUT2D eigenvalue weighted by Gasteiger charge is -2.24. The van der Waals surface area contributed by atoms with E-state index in [0.29, 0.717) is 34.2 Å². The third-order valence-electron chi connectivity index (χ3n) is 7.81. The van der Waals surface area contributed by atoms with Crippen molar-refractivity contribution in [3.63, 3.8) is 0 Å². The van der Waals surface area contributed by atoms with Gasteiger partial charge in [-0.25, -0.2) is 9.48 Å². The predicted octanol–water partition coefficient (Wildman–Crippen LogP) is 7.09. The van der Waals surface area contributed by atoms with E-state index in [1.807, 2.05) is 30.0 Å². The summed E-state index contributed by atoms with van der Waals surface area (Å²) in [5, 5.41) is 4.91. The zero-order valence-electron chi connectivity index (χ0n) is 26.6. The van der Waals surface area contributed by atoms with Crippen LogP contribution in [0.5, 0.6) is 0 Å². The van der Waals surface area contributed by atoms with Crippen molar-refractivity contribution >= 4 is 24.2 Å². The normalized spacial score (nSPS) is 14.4. The van der Waals surface area contributed by atoms with Crippen LogP contribution in [0, 0.1) is 18.8 Å². The van der Waals surface area contributed by atoms with Crippen LogP contribution in [0.25, 0.3) is 23.5 Å². The Morgan fingerprint density at radius 2 is 1.69 bits per heavy atom. The van der Waals surface area contributed by atoms with Crippen LogP contribution in [0.4, 0.5) is 0 Å². The van der Waals surface area contributed by atoms with E-state index in [-0.39, 0.29) is 5.91 Å². The number of methoxy groups -OCH3 is 1. The maximum absolute atomic E-state index is 13.4. The van der Waals surface area contributed by atoms with Crippen molar-refractivity contribution in [3.8, 4) is 11.3 Å². The first-order valence-electron chi connectivity index (χ1n) is 15.4. The molecule has 3 rings (SSSR count). The molecule has 0 aliphatic carbocycles. The van der Waals surface area contributed by atoms with Gasteiger partial charge in [0.1, 0.15) is 5.69 Å². The fraction of sp³-hybridized carbons (Fsp3) is 0.514. The smallest absolute Gasteiger partial charge is 0.338 e. The van der Waals surface area contributed by atoms with Crippen LogP contribution in [-0.2, 0) is 9.53 Å². The molecule has 1 aliphatic rings. The second-order valence-corrected chi connectivity index (χ2v) is 12.1. The van der Waals surface area contributed by atoms with Crippen LogP contribution in [0.15, 0.2) is 48.6 Å². The Morgan fingerprint density at radius 1 is 1.05 bits per heavy atom. The molecular formula is C35H50N4O3. The molecule has 0 radical (unpaired) electrons. The number of benzene rings is 1. The molecule has 1 amide bonds. The van der Waals surface area contributed by atoms with Gasteiger partial charge in [-0.1, -0.05) is 71.0 Å². The molecule has 1 aromatic heterocycles. The molecule has 7 nitrogen and oxygen atoms in total. The standard InChI is InChI=1S/C35H50N4O3/c1-26(2)17-23-38(24-18-27(3)4)34(40)28(5)19-25-39-29(6)30(16-13-22-37-20-11-8-12-21-37)33(36-39)31-14-9-10-15-32(31)35(41)42-7/h9-10,13-16,19,25-27H,5,8,11-12,17-18,20-24H2,1-4,6-7H3. The van der Waals surface area contributed by atoms with E-state index in [1.54, 1.807) is 23.0 Å². The van der Waals surface area contributed by atoms with Gasteiger partial charge in [-0.3, -0.25) is 9.69 Å². The van der Waals surface area contributed by atoms with Crippen molar-refractivity contribution in [1.29, 1.82) is 0 Å². The topological polar surface area (TPSA) is 67.7 Å². The SMILES string of the molecule is C=C(C=Cn1nc(-c2ccccc2C(=O)OC)c(C=CCN2CCCCC2)c1C)C(=O)N(CCC(C)C)CCC(C)C. The summed E-state index contributed by atoms with van der Waals surface area (Å²) in [6.45, 7) is 19.4. The lowest BCUT2D eigenvalue weighted by atomic mass is 10.00. The molecule has 0 N–H and O–H groups in total. The minimum Gasteiger partial charge on any atom is -0.465 e. The van der Waals surface area contributed by atoms with Gasteiger partial charge in [0.2, 0.25) is 0 Å². The molecular weight excluding hydrogens is 524 g/mol. The first kappa shape index (κ1) is 33.1. The minimum atomic E-state index is -0.404. The Kier molecular flexibility index (Phi) is 12.8. The average Bonchev–Trinajstić information content (AvgIpc) is 3.30. The van der Waals surface area contributed by atoms with E-state index < -0.39 is 5.97 Å². The quantitative estimate of drug-likeness (QED) is 0.137. The molecule has 1 saturated heterocycles. The molecule has 7 heteroatoms. The third kappa shape index (κ3) is 9.28. The summed E-state index contributed by atoms with van der Waals surface area (Å²) in [6.07, 6.45) is 13.5. The number of piperidine rings is 1. The van der Waals surface area contributed by atoms with Crippen molar-refractivity contribution in [2.24, 2.45) is 11.8 Å². The van der Waals surface area contributed by atoms with E-state index in [4.69, 9.17) is 9.84 Å². The number of carbonyl (C=O) groups excluding carboxylic acids is 2. The Morgan fingerprint density at radius 3 is 2.31 bits per heavy atom. The van der Waals surface area contributed by atoms with Crippen LogP contribution in [-0.4, -0.2) is 71.3 Å². The second kappa shape index (κ2) is 16.3. The second-order valence-electron chi connectivity index (χ2n) is 12.1. The highest BCUT2D eigenvalue weighted by atomic mass is 16.5. The number of hydrogen-bond acceptors (Lipinski definition) is 5. The number of ether oxygens (including phenoxy) is 1. The number of aromatic nitrogens is 2. The molecule has 2 heterocycles. The molecule has 1 fully saturated rings. The van der Waals surface area contributed by atoms with E-state index in [0.717, 1.165) is 56.8 Å². The summed E-state index contributed by atoms with van der Waals surface area (Å²) >= 11 is 0. The van der Waals surface area contributed by atoms with Crippen molar-refractivity contribution < 1.29 is 14.3 Å². The number of nitrogens with zero attached hydrogens (tertiary/aromatic N) is 4. The molecule has 2 aromatic rings. The fourth-order valence-corrected chi connectivity index (χ4v) is 5.09. The van der Waals surface area contributed by atoms with Crippen molar-refractivity contribution in [2.75, 3.05) is 39.8 Å². The van der Waals surface area contributed by atoms with Gasteiger partial charge in [-0.15, -0.1) is 0 Å². The van der Waals surface area contributed by atoms with E-state index >= 15 is 0 Å². The number of esters is 1.